The Kier molecular flexibility index (Phi) is 4.47. The van der Waals surface area contributed by atoms with Crippen LogP contribution in [0.25, 0.3) is 0 Å². The zero-order valence-corrected chi connectivity index (χ0v) is 11.0. The van der Waals surface area contributed by atoms with Gasteiger partial charge in [-0.15, -0.1) is 10.2 Å². The smallest absolute Gasteiger partial charge is 0.276 e. The third-order valence-electron chi connectivity index (χ3n) is 2.26. The minimum absolute atomic E-state index is 0.0555. The van der Waals surface area contributed by atoms with E-state index in [1.165, 1.54) is 12.1 Å². The van der Waals surface area contributed by atoms with Gasteiger partial charge in [0, 0.05) is 11.8 Å². The van der Waals surface area contributed by atoms with Gasteiger partial charge in [-0.25, -0.2) is 0 Å². The average Bonchev–Trinajstić information content (AvgIpc) is 2.46. The number of nitriles is 1. The van der Waals surface area contributed by atoms with Crippen molar-refractivity contribution in [3.05, 3.63) is 47.2 Å². The maximum absolute atomic E-state index is 11.9. The van der Waals surface area contributed by atoms with Crippen molar-refractivity contribution >= 4 is 23.2 Å². The van der Waals surface area contributed by atoms with Crippen molar-refractivity contribution in [3.63, 3.8) is 0 Å². The number of carbonyl (C=O) groups is 1. The van der Waals surface area contributed by atoms with Crippen LogP contribution in [0.5, 0.6) is 5.75 Å². The van der Waals surface area contributed by atoms with E-state index >= 15 is 0 Å². The van der Waals surface area contributed by atoms with Gasteiger partial charge in [0.25, 0.3) is 5.91 Å². The van der Waals surface area contributed by atoms with Gasteiger partial charge in [0.2, 0.25) is 0 Å². The van der Waals surface area contributed by atoms with Crippen molar-refractivity contribution in [3.8, 4) is 11.8 Å². The van der Waals surface area contributed by atoms with E-state index in [9.17, 15) is 4.79 Å². The summed E-state index contributed by atoms with van der Waals surface area (Å²) in [6.07, 6.45) is 0. The molecule has 0 saturated heterocycles. The number of ether oxygens (including phenoxy) is 1. The first-order valence-corrected chi connectivity index (χ1v) is 5.97. The Hall–Kier alpha value is -2.65. The van der Waals surface area contributed by atoms with Crippen molar-refractivity contribution in [1.82, 2.24) is 10.2 Å². The van der Waals surface area contributed by atoms with Gasteiger partial charge in [-0.05, 0) is 24.3 Å². The highest BCUT2D eigenvalue weighted by molar-refractivity contribution is 6.29. The van der Waals surface area contributed by atoms with Gasteiger partial charge >= 0.3 is 0 Å². The predicted octanol–water partition coefficient (Wildman–Crippen LogP) is 2.28. The molecule has 0 fully saturated rings. The van der Waals surface area contributed by atoms with Gasteiger partial charge in [-0.3, -0.25) is 4.79 Å². The first-order valence-electron chi connectivity index (χ1n) is 5.59. The maximum atomic E-state index is 11.9. The molecule has 0 spiro atoms. The molecular weight excluding hydrogens is 280 g/mol. The van der Waals surface area contributed by atoms with Crippen LogP contribution in [0.3, 0.4) is 0 Å². The van der Waals surface area contributed by atoms with Crippen molar-refractivity contribution in [2.24, 2.45) is 0 Å². The fraction of sp³-hybridized carbons (Fsp3) is 0.0769. The topological polar surface area (TPSA) is 87.9 Å². The molecular formula is C13H9ClN4O2. The summed E-state index contributed by atoms with van der Waals surface area (Å²) in [4.78, 5) is 11.9. The third kappa shape index (κ3) is 3.67. The summed E-state index contributed by atoms with van der Waals surface area (Å²) in [7, 11) is 0. The summed E-state index contributed by atoms with van der Waals surface area (Å²) < 4.78 is 5.14. The minimum atomic E-state index is -0.411. The zero-order valence-electron chi connectivity index (χ0n) is 10.2. The first-order chi connectivity index (χ1) is 9.69. The molecule has 0 atom stereocenters. The van der Waals surface area contributed by atoms with Gasteiger partial charge in [-0.2, -0.15) is 5.26 Å². The Labute approximate surface area is 120 Å². The summed E-state index contributed by atoms with van der Waals surface area (Å²) in [5.74, 6) is 0.0816. The molecule has 100 valence electrons. The van der Waals surface area contributed by atoms with Crippen LogP contribution in [0.15, 0.2) is 36.4 Å². The normalized spacial score (nSPS) is 9.60. The van der Waals surface area contributed by atoms with Crippen LogP contribution in [0.4, 0.5) is 5.69 Å². The number of aromatic nitrogens is 2. The van der Waals surface area contributed by atoms with Crippen molar-refractivity contribution in [1.29, 1.82) is 5.26 Å². The highest BCUT2D eigenvalue weighted by atomic mass is 35.5. The highest BCUT2D eigenvalue weighted by Gasteiger charge is 2.08. The number of carbonyl (C=O) groups excluding carboxylic acids is 1. The molecule has 1 N–H and O–H groups in total. The number of benzene rings is 1. The standard InChI is InChI=1S/C13H9ClN4O2/c14-12-5-4-11(17-18-12)13(19)16-9-2-1-3-10(8-9)20-7-6-15/h1-5,8H,7H2,(H,16,19). The number of hydrogen-bond acceptors (Lipinski definition) is 5. The quantitative estimate of drug-likeness (QED) is 0.932. The molecule has 7 heteroatoms. The second-order valence-corrected chi connectivity index (χ2v) is 4.06. The maximum Gasteiger partial charge on any atom is 0.276 e. The fourth-order valence-electron chi connectivity index (χ4n) is 1.41. The van der Waals surface area contributed by atoms with Gasteiger partial charge < -0.3 is 10.1 Å². The lowest BCUT2D eigenvalue weighted by Crippen LogP contribution is -2.14. The van der Waals surface area contributed by atoms with Crippen molar-refractivity contribution in [2.75, 3.05) is 11.9 Å². The third-order valence-corrected chi connectivity index (χ3v) is 2.46. The molecule has 0 aliphatic rings. The molecule has 2 rings (SSSR count). The number of hydrogen-bond donors (Lipinski definition) is 1. The molecule has 1 aromatic heterocycles. The van der Waals surface area contributed by atoms with E-state index < -0.39 is 5.91 Å². The Bertz CT molecular complexity index is 652. The Morgan fingerprint density at radius 3 is 2.90 bits per heavy atom. The number of nitrogens with zero attached hydrogens (tertiary/aromatic N) is 3. The summed E-state index contributed by atoms with van der Waals surface area (Å²) >= 11 is 5.60. The second kappa shape index (κ2) is 6.50. The molecule has 0 radical (unpaired) electrons. The summed E-state index contributed by atoms with van der Waals surface area (Å²) in [6, 6.07) is 11.5. The summed E-state index contributed by atoms with van der Waals surface area (Å²) in [6.45, 7) is -0.0555. The van der Waals surface area contributed by atoms with E-state index in [0.717, 1.165) is 0 Å². The monoisotopic (exact) mass is 288 g/mol. The molecule has 0 unspecified atom stereocenters. The molecule has 1 aromatic carbocycles. The van der Waals surface area contributed by atoms with Gasteiger partial charge in [0.15, 0.2) is 17.5 Å². The van der Waals surface area contributed by atoms with E-state index in [1.54, 1.807) is 24.3 Å². The lowest BCUT2D eigenvalue weighted by Gasteiger charge is -2.06. The highest BCUT2D eigenvalue weighted by Crippen LogP contribution is 2.17. The van der Waals surface area contributed by atoms with Crippen LogP contribution in [-0.2, 0) is 0 Å². The minimum Gasteiger partial charge on any atom is -0.479 e. The van der Waals surface area contributed by atoms with E-state index in [0.29, 0.717) is 11.4 Å². The molecule has 6 nitrogen and oxygen atoms in total. The molecule has 0 aliphatic carbocycles. The molecule has 1 heterocycles. The van der Waals surface area contributed by atoms with Gasteiger partial charge in [-0.1, -0.05) is 17.7 Å². The molecule has 0 saturated carbocycles. The van der Waals surface area contributed by atoms with Gasteiger partial charge in [0.1, 0.15) is 11.8 Å². The number of rotatable bonds is 4. The number of amides is 1. The Morgan fingerprint density at radius 1 is 1.35 bits per heavy atom. The molecule has 2 aromatic rings. The molecule has 20 heavy (non-hydrogen) atoms. The predicted molar refractivity (Wildman–Crippen MR) is 72.5 cm³/mol. The summed E-state index contributed by atoms with van der Waals surface area (Å²) in [5.41, 5.74) is 0.680. The molecule has 0 bridgehead atoms. The molecule has 1 amide bonds. The number of nitrogens with one attached hydrogen (secondary N) is 1. The largest absolute Gasteiger partial charge is 0.479 e. The second-order valence-electron chi connectivity index (χ2n) is 3.67. The Morgan fingerprint density at radius 2 is 2.20 bits per heavy atom. The van der Waals surface area contributed by atoms with E-state index in [1.807, 2.05) is 6.07 Å². The van der Waals surface area contributed by atoms with Crippen LogP contribution >= 0.6 is 11.6 Å². The first kappa shape index (κ1) is 13.8. The average molecular weight is 289 g/mol. The number of anilines is 1. The summed E-state index contributed by atoms with van der Waals surface area (Å²) in [5, 5.41) is 18.6. The number of halogens is 1. The van der Waals surface area contributed by atoms with E-state index in [2.05, 4.69) is 15.5 Å². The van der Waals surface area contributed by atoms with E-state index in [4.69, 9.17) is 21.6 Å². The van der Waals surface area contributed by atoms with Crippen molar-refractivity contribution in [2.45, 2.75) is 0 Å². The fourth-order valence-corrected chi connectivity index (χ4v) is 1.51. The lowest BCUT2D eigenvalue weighted by atomic mass is 10.3. The van der Waals surface area contributed by atoms with Crippen LogP contribution in [0, 0.1) is 11.3 Å². The van der Waals surface area contributed by atoms with Crippen LogP contribution < -0.4 is 10.1 Å². The van der Waals surface area contributed by atoms with Crippen LogP contribution in [0.2, 0.25) is 5.15 Å². The Balaban J connectivity index is 2.07. The van der Waals surface area contributed by atoms with Gasteiger partial charge in [0.05, 0.1) is 0 Å². The van der Waals surface area contributed by atoms with Crippen LogP contribution in [-0.4, -0.2) is 22.7 Å². The lowest BCUT2D eigenvalue weighted by molar-refractivity contribution is 0.102. The van der Waals surface area contributed by atoms with Crippen molar-refractivity contribution < 1.29 is 9.53 Å². The molecule has 0 aliphatic heterocycles. The zero-order chi connectivity index (χ0) is 14.4. The van der Waals surface area contributed by atoms with Crippen LogP contribution in [0.1, 0.15) is 10.5 Å². The van der Waals surface area contributed by atoms with E-state index in [-0.39, 0.29) is 17.5 Å². The SMILES string of the molecule is N#CCOc1cccc(NC(=O)c2ccc(Cl)nn2)c1.